The number of piperidine rings is 1. The molecule has 3 aromatic rings. The highest BCUT2D eigenvalue weighted by molar-refractivity contribution is 9.10. The van der Waals surface area contributed by atoms with Crippen LogP contribution in [0.25, 0.3) is 0 Å². The largest absolute Gasteiger partial charge is 0.504 e. The van der Waals surface area contributed by atoms with Gasteiger partial charge in [0, 0.05) is 41.6 Å². The molecular weight excluding hydrogens is 753 g/mol. The Bertz CT molecular complexity index is 2040. The van der Waals surface area contributed by atoms with Crippen molar-refractivity contribution in [1.29, 1.82) is 0 Å². The Balaban J connectivity index is 1.16. The molecule has 3 aromatic carbocycles. The van der Waals surface area contributed by atoms with E-state index in [-0.39, 0.29) is 46.5 Å². The number of methoxy groups -OCH3 is 1. The molecule has 0 aromatic heterocycles. The molecule has 4 amide bonds. The number of imide groups is 2. The van der Waals surface area contributed by atoms with Gasteiger partial charge in [-0.05, 0) is 74.4 Å². The Morgan fingerprint density at radius 2 is 1.71 bits per heavy atom. The van der Waals surface area contributed by atoms with Crippen molar-refractivity contribution in [3.63, 3.8) is 0 Å². The van der Waals surface area contributed by atoms with Gasteiger partial charge >= 0.3 is 0 Å². The van der Waals surface area contributed by atoms with E-state index in [4.69, 9.17) is 16.3 Å². The molecule has 4 fully saturated rings. The summed E-state index contributed by atoms with van der Waals surface area (Å²) in [6.07, 6.45) is 3.76. The number of fused-ring (bicyclic) bond motifs is 4. The fourth-order valence-corrected chi connectivity index (χ4v) is 10.4. The highest BCUT2D eigenvalue weighted by Gasteiger charge is 2.68. The van der Waals surface area contributed by atoms with Crippen molar-refractivity contribution >= 4 is 56.8 Å². The Morgan fingerprint density at radius 1 is 0.981 bits per heavy atom. The van der Waals surface area contributed by atoms with Crippen molar-refractivity contribution in [2.75, 3.05) is 25.1 Å². The third-order valence-corrected chi connectivity index (χ3v) is 13.0. The fourth-order valence-electron chi connectivity index (χ4n) is 9.76. The average molecular weight is 791 g/mol. The first-order chi connectivity index (χ1) is 24.9. The molecule has 270 valence electrons. The number of hydrogen-bond acceptors (Lipinski definition) is 7. The molecule has 3 aliphatic heterocycles. The zero-order chi connectivity index (χ0) is 36.6. The second-order valence-corrected chi connectivity index (χ2v) is 16.2. The van der Waals surface area contributed by atoms with Crippen LogP contribution in [0.3, 0.4) is 0 Å². The summed E-state index contributed by atoms with van der Waals surface area (Å²) in [5.74, 6) is -5.73. The summed E-state index contributed by atoms with van der Waals surface area (Å²) in [5, 5.41) is 11.4. The zero-order valence-electron chi connectivity index (χ0n) is 28.7. The van der Waals surface area contributed by atoms with Crippen LogP contribution in [0.5, 0.6) is 11.5 Å². The highest BCUT2D eigenvalue weighted by atomic mass is 79.9. The number of anilines is 1. The molecule has 52 heavy (non-hydrogen) atoms. The molecule has 12 heteroatoms. The summed E-state index contributed by atoms with van der Waals surface area (Å²) in [6, 6.07) is 17.0. The van der Waals surface area contributed by atoms with Crippen molar-refractivity contribution in [2.45, 2.75) is 51.1 Å². The Hall–Kier alpha value is -4.06. The first kappa shape index (κ1) is 35.0. The summed E-state index contributed by atoms with van der Waals surface area (Å²) in [6.45, 7) is 4.04. The number of likely N-dealkylation sites (tertiary alicyclic amines) is 2. The standard InChI is InChI=1S/C40H38BrClFN3O6/c1-40-29(37(49)46(39(40)51)24-8-11-31(43)30(42)18-24)19-27-25(34(40)28-16-22(41)17-32(52-2)35(28)47)9-10-26-33(27)38(50)45(36(26)48)23-12-14-44(15-13-23)20-21-6-4-3-5-7-21/h3-9,11,16-18,23,26-27,29,33-34,47H,10,12-15,19-20H2,1-2H3. The number of allylic oxidation sites excluding steroid dienone is 2. The van der Waals surface area contributed by atoms with Crippen molar-refractivity contribution in [3.05, 3.63) is 98.8 Å². The lowest BCUT2D eigenvalue weighted by atomic mass is 9.51. The van der Waals surface area contributed by atoms with Crippen molar-refractivity contribution in [3.8, 4) is 11.5 Å². The smallest absolute Gasteiger partial charge is 0.241 e. The van der Waals surface area contributed by atoms with Crippen LogP contribution in [0, 0.1) is 34.9 Å². The number of carbonyl (C=O) groups is 4. The minimum absolute atomic E-state index is 0.138. The van der Waals surface area contributed by atoms with E-state index in [9.17, 15) is 28.7 Å². The van der Waals surface area contributed by atoms with E-state index in [0.29, 0.717) is 29.3 Å². The van der Waals surface area contributed by atoms with Gasteiger partial charge in [-0.1, -0.05) is 69.5 Å². The molecule has 0 radical (unpaired) electrons. The van der Waals surface area contributed by atoms with E-state index in [2.05, 4.69) is 33.0 Å². The van der Waals surface area contributed by atoms with Crippen LogP contribution in [0.4, 0.5) is 10.1 Å². The maximum atomic E-state index is 14.7. The van der Waals surface area contributed by atoms with Gasteiger partial charge in [-0.2, -0.15) is 0 Å². The summed E-state index contributed by atoms with van der Waals surface area (Å²) >= 11 is 9.65. The number of carbonyl (C=O) groups excluding carboxylic acids is 4. The fraction of sp³-hybridized carbons (Fsp3) is 0.400. The maximum absolute atomic E-state index is 14.7. The van der Waals surface area contributed by atoms with E-state index < -0.39 is 52.6 Å². The number of amides is 4. The SMILES string of the molecule is COc1cc(Br)cc(C2C3=CCC4C(=O)N(C5CCN(Cc6ccccc6)CC5)C(=O)C4C3CC3C(=O)N(c4ccc(F)c(Cl)c4)C(=O)C32C)c1O. The van der Waals surface area contributed by atoms with Crippen LogP contribution < -0.4 is 9.64 Å². The quantitative estimate of drug-likeness (QED) is 0.215. The van der Waals surface area contributed by atoms with Gasteiger partial charge in [0.05, 0.1) is 41.0 Å². The monoisotopic (exact) mass is 789 g/mol. The molecule has 0 spiro atoms. The number of benzene rings is 3. The van der Waals surface area contributed by atoms with Crippen LogP contribution in [0.1, 0.15) is 49.7 Å². The Labute approximate surface area is 314 Å². The molecule has 9 nitrogen and oxygen atoms in total. The first-order valence-corrected chi connectivity index (χ1v) is 18.8. The number of ether oxygens (including phenoxy) is 1. The molecule has 1 saturated carbocycles. The molecule has 3 heterocycles. The van der Waals surface area contributed by atoms with Gasteiger partial charge in [-0.15, -0.1) is 0 Å². The average Bonchev–Trinajstić information content (AvgIpc) is 3.50. The molecule has 6 atom stereocenters. The molecule has 0 bridgehead atoms. The number of phenols is 1. The second-order valence-electron chi connectivity index (χ2n) is 14.8. The number of phenolic OH excluding ortho intramolecular Hbond substituents is 1. The predicted molar refractivity (Wildman–Crippen MR) is 195 cm³/mol. The lowest BCUT2D eigenvalue weighted by Crippen LogP contribution is -2.49. The number of halogens is 3. The summed E-state index contributed by atoms with van der Waals surface area (Å²) in [5.41, 5.74) is 1.06. The van der Waals surface area contributed by atoms with Gasteiger partial charge in [-0.25, -0.2) is 9.29 Å². The normalized spacial score (nSPS) is 29.2. The third-order valence-electron chi connectivity index (χ3n) is 12.2. The molecule has 2 aliphatic carbocycles. The molecule has 8 rings (SSSR count). The topological polar surface area (TPSA) is 107 Å². The summed E-state index contributed by atoms with van der Waals surface area (Å²) in [4.78, 5) is 62.8. The zero-order valence-corrected chi connectivity index (χ0v) is 31.1. The number of aromatic hydroxyl groups is 1. The van der Waals surface area contributed by atoms with E-state index in [1.807, 2.05) is 24.3 Å². The number of nitrogens with zero attached hydrogens (tertiary/aromatic N) is 3. The third kappa shape index (κ3) is 5.33. The maximum Gasteiger partial charge on any atom is 0.241 e. The Morgan fingerprint density at radius 3 is 2.40 bits per heavy atom. The van der Waals surface area contributed by atoms with Crippen LogP contribution in [-0.4, -0.2) is 64.8 Å². The summed E-state index contributed by atoms with van der Waals surface area (Å²) < 4.78 is 20.3. The molecular formula is C40H38BrClFN3O6. The molecule has 1 N–H and O–H groups in total. The highest BCUT2D eigenvalue weighted by Crippen LogP contribution is 2.65. The summed E-state index contributed by atoms with van der Waals surface area (Å²) in [7, 11) is 1.43. The van der Waals surface area contributed by atoms with E-state index in [0.717, 1.165) is 36.2 Å². The second kappa shape index (κ2) is 13.1. The molecule has 3 saturated heterocycles. The van der Waals surface area contributed by atoms with Crippen LogP contribution in [0.2, 0.25) is 5.02 Å². The molecule has 6 unspecified atom stereocenters. The van der Waals surface area contributed by atoms with Gasteiger partial charge in [0.15, 0.2) is 11.5 Å². The molecule has 5 aliphatic rings. The minimum Gasteiger partial charge on any atom is -0.504 e. The van der Waals surface area contributed by atoms with E-state index in [1.165, 1.54) is 29.7 Å². The van der Waals surface area contributed by atoms with Crippen LogP contribution >= 0.6 is 27.5 Å². The van der Waals surface area contributed by atoms with E-state index >= 15 is 0 Å². The number of rotatable bonds is 6. The van der Waals surface area contributed by atoms with Crippen LogP contribution in [-0.2, 0) is 25.7 Å². The lowest BCUT2D eigenvalue weighted by molar-refractivity contribution is -0.144. The van der Waals surface area contributed by atoms with Crippen molar-refractivity contribution in [2.24, 2.45) is 29.1 Å². The number of hydrogen-bond donors (Lipinski definition) is 1. The van der Waals surface area contributed by atoms with Gasteiger partial charge in [-0.3, -0.25) is 29.0 Å². The van der Waals surface area contributed by atoms with Gasteiger partial charge in [0.2, 0.25) is 23.6 Å². The van der Waals surface area contributed by atoms with Crippen molar-refractivity contribution < 1.29 is 33.4 Å². The first-order valence-electron chi connectivity index (χ1n) is 17.7. The lowest BCUT2D eigenvalue weighted by Gasteiger charge is -2.49. The van der Waals surface area contributed by atoms with Crippen molar-refractivity contribution in [1.82, 2.24) is 9.80 Å². The van der Waals surface area contributed by atoms with Crippen LogP contribution in [0.15, 0.2) is 76.8 Å². The van der Waals surface area contributed by atoms with Gasteiger partial charge in [0.25, 0.3) is 0 Å². The van der Waals surface area contributed by atoms with E-state index in [1.54, 1.807) is 19.1 Å². The predicted octanol–water partition coefficient (Wildman–Crippen LogP) is 6.85. The minimum atomic E-state index is -1.41. The van der Waals surface area contributed by atoms with Gasteiger partial charge in [0.1, 0.15) is 5.82 Å². The Kier molecular flexibility index (Phi) is 8.82. The van der Waals surface area contributed by atoms with Gasteiger partial charge < -0.3 is 9.84 Å².